The Morgan fingerprint density at radius 3 is 3.15 bits per heavy atom. The fourth-order valence-corrected chi connectivity index (χ4v) is 1.24. The lowest BCUT2D eigenvalue weighted by Gasteiger charge is -1.94. The fraction of sp³-hybridized carbons (Fsp3) is 0.333. The van der Waals surface area contributed by atoms with Crippen molar-refractivity contribution in [1.29, 1.82) is 0 Å². The van der Waals surface area contributed by atoms with Gasteiger partial charge in [-0.25, -0.2) is 4.98 Å². The van der Waals surface area contributed by atoms with Crippen LogP contribution in [-0.2, 0) is 6.54 Å². The molecule has 2 heterocycles. The summed E-state index contributed by atoms with van der Waals surface area (Å²) >= 11 is 1.29. The number of anilines is 1. The molecule has 0 saturated carbocycles. The second kappa shape index (κ2) is 3.48. The standard InChI is InChI=1S/C6H7N5OS/c1-4-10-5(11-12-4)2-7-6-8-3-9-13-6/h3H,2H2,1H3,(H,7,8,9). The zero-order chi connectivity index (χ0) is 9.10. The summed E-state index contributed by atoms with van der Waals surface area (Å²) in [6.07, 6.45) is 1.49. The van der Waals surface area contributed by atoms with Crippen molar-refractivity contribution in [3.8, 4) is 0 Å². The van der Waals surface area contributed by atoms with Gasteiger partial charge in [0.15, 0.2) is 5.82 Å². The van der Waals surface area contributed by atoms with Gasteiger partial charge >= 0.3 is 0 Å². The first-order chi connectivity index (χ1) is 6.34. The number of aryl methyl sites for hydroxylation is 1. The van der Waals surface area contributed by atoms with E-state index in [1.165, 1.54) is 17.9 Å². The summed E-state index contributed by atoms with van der Waals surface area (Å²) in [7, 11) is 0. The zero-order valence-corrected chi connectivity index (χ0v) is 7.71. The van der Waals surface area contributed by atoms with Crippen molar-refractivity contribution >= 4 is 16.7 Å². The first-order valence-electron chi connectivity index (χ1n) is 3.64. The second-order valence-electron chi connectivity index (χ2n) is 2.33. The normalized spacial score (nSPS) is 10.2. The molecular weight excluding hydrogens is 190 g/mol. The van der Waals surface area contributed by atoms with Gasteiger partial charge < -0.3 is 9.84 Å². The lowest BCUT2D eigenvalue weighted by molar-refractivity contribution is 0.388. The van der Waals surface area contributed by atoms with Crippen LogP contribution in [0.4, 0.5) is 5.13 Å². The van der Waals surface area contributed by atoms with E-state index in [-0.39, 0.29) is 0 Å². The van der Waals surface area contributed by atoms with Crippen LogP contribution >= 0.6 is 11.5 Å². The molecule has 6 nitrogen and oxygen atoms in total. The highest BCUT2D eigenvalue weighted by atomic mass is 32.1. The Balaban J connectivity index is 1.93. The molecule has 68 valence electrons. The summed E-state index contributed by atoms with van der Waals surface area (Å²) < 4.78 is 8.64. The lowest BCUT2D eigenvalue weighted by atomic mass is 10.6. The van der Waals surface area contributed by atoms with Gasteiger partial charge in [-0.1, -0.05) is 5.16 Å². The maximum Gasteiger partial charge on any atom is 0.223 e. The molecule has 0 atom stereocenters. The molecule has 0 aliphatic rings. The summed E-state index contributed by atoms with van der Waals surface area (Å²) in [4.78, 5) is 7.97. The van der Waals surface area contributed by atoms with Crippen LogP contribution in [0.2, 0.25) is 0 Å². The van der Waals surface area contributed by atoms with Crippen molar-refractivity contribution in [2.24, 2.45) is 0 Å². The Morgan fingerprint density at radius 1 is 1.62 bits per heavy atom. The predicted molar refractivity (Wildman–Crippen MR) is 46.3 cm³/mol. The maximum atomic E-state index is 4.80. The molecule has 2 rings (SSSR count). The lowest BCUT2D eigenvalue weighted by Crippen LogP contribution is -2.00. The number of nitrogens with zero attached hydrogens (tertiary/aromatic N) is 4. The van der Waals surface area contributed by atoms with Gasteiger partial charge in [0.2, 0.25) is 11.0 Å². The number of hydrogen-bond acceptors (Lipinski definition) is 7. The van der Waals surface area contributed by atoms with E-state index in [0.717, 1.165) is 5.13 Å². The molecule has 2 aromatic heterocycles. The van der Waals surface area contributed by atoms with Gasteiger partial charge in [-0.05, 0) is 0 Å². The summed E-state index contributed by atoms with van der Waals surface area (Å²) in [6.45, 7) is 2.26. The van der Waals surface area contributed by atoms with Crippen molar-refractivity contribution in [2.75, 3.05) is 5.32 Å². The average molecular weight is 197 g/mol. The minimum absolute atomic E-state index is 0.506. The molecule has 0 aliphatic heterocycles. The Morgan fingerprint density at radius 2 is 2.54 bits per heavy atom. The van der Waals surface area contributed by atoms with E-state index in [1.54, 1.807) is 6.92 Å². The molecule has 0 bridgehead atoms. The minimum atomic E-state index is 0.506. The summed E-state index contributed by atoms with van der Waals surface area (Å²) in [6, 6.07) is 0. The van der Waals surface area contributed by atoms with E-state index >= 15 is 0 Å². The Kier molecular flexibility index (Phi) is 2.17. The molecular formula is C6H7N5OS. The second-order valence-corrected chi connectivity index (χ2v) is 3.11. The van der Waals surface area contributed by atoms with Gasteiger partial charge in [0.05, 0.1) is 6.54 Å². The van der Waals surface area contributed by atoms with Crippen LogP contribution < -0.4 is 5.32 Å². The van der Waals surface area contributed by atoms with Gasteiger partial charge in [0.25, 0.3) is 0 Å². The average Bonchev–Trinajstić information content (AvgIpc) is 2.71. The van der Waals surface area contributed by atoms with E-state index in [0.29, 0.717) is 18.3 Å². The highest BCUT2D eigenvalue weighted by molar-refractivity contribution is 7.09. The summed E-state index contributed by atoms with van der Waals surface area (Å²) in [5.74, 6) is 1.18. The smallest absolute Gasteiger partial charge is 0.223 e. The minimum Gasteiger partial charge on any atom is -0.353 e. The molecule has 2 aromatic rings. The summed E-state index contributed by atoms with van der Waals surface area (Å²) in [5.41, 5.74) is 0. The molecule has 0 amide bonds. The van der Waals surface area contributed by atoms with Crippen LogP contribution in [0.25, 0.3) is 0 Å². The zero-order valence-electron chi connectivity index (χ0n) is 6.89. The predicted octanol–water partition coefficient (Wildman–Crippen LogP) is 0.842. The molecule has 0 saturated heterocycles. The Hall–Kier alpha value is -1.50. The van der Waals surface area contributed by atoms with Crippen LogP contribution in [0.5, 0.6) is 0 Å². The third-order valence-electron chi connectivity index (χ3n) is 1.33. The van der Waals surface area contributed by atoms with Crippen LogP contribution in [0.3, 0.4) is 0 Å². The molecule has 7 heteroatoms. The molecule has 1 N–H and O–H groups in total. The third kappa shape index (κ3) is 2.00. The van der Waals surface area contributed by atoms with Crippen LogP contribution in [0.15, 0.2) is 10.9 Å². The van der Waals surface area contributed by atoms with Crippen LogP contribution in [-0.4, -0.2) is 19.5 Å². The van der Waals surface area contributed by atoms with Gasteiger partial charge in [-0.3, -0.25) is 0 Å². The topological polar surface area (TPSA) is 76.7 Å². The van der Waals surface area contributed by atoms with Gasteiger partial charge in [0.1, 0.15) is 6.33 Å². The number of aromatic nitrogens is 4. The van der Waals surface area contributed by atoms with E-state index < -0.39 is 0 Å². The highest BCUT2D eigenvalue weighted by Gasteiger charge is 2.02. The molecule has 0 unspecified atom stereocenters. The Bertz CT molecular complexity index is 370. The van der Waals surface area contributed by atoms with Crippen molar-refractivity contribution in [3.05, 3.63) is 18.0 Å². The molecule has 0 spiro atoms. The molecule has 0 radical (unpaired) electrons. The van der Waals surface area contributed by atoms with Crippen molar-refractivity contribution in [2.45, 2.75) is 13.5 Å². The van der Waals surface area contributed by atoms with Crippen LogP contribution in [0.1, 0.15) is 11.7 Å². The monoisotopic (exact) mass is 197 g/mol. The first-order valence-corrected chi connectivity index (χ1v) is 4.41. The van der Waals surface area contributed by atoms with Crippen molar-refractivity contribution in [3.63, 3.8) is 0 Å². The summed E-state index contributed by atoms with van der Waals surface area (Å²) in [5, 5.41) is 7.49. The molecule has 0 fully saturated rings. The van der Waals surface area contributed by atoms with Crippen molar-refractivity contribution in [1.82, 2.24) is 19.5 Å². The maximum absolute atomic E-state index is 4.80. The van der Waals surface area contributed by atoms with Crippen molar-refractivity contribution < 1.29 is 4.52 Å². The number of hydrogen-bond donors (Lipinski definition) is 1. The van der Waals surface area contributed by atoms with Gasteiger partial charge in [0, 0.05) is 18.5 Å². The first kappa shape index (κ1) is 8.11. The largest absolute Gasteiger partial charge is 0.353 e. The number of nitrogens with one attached hydrogen (secondary N) is 1. The third-order valence-corrected chi connectivity index (χ3v) is 1.95. The molecule has 13 heavy (non-hydrogen) atoms. The fourth-order valence-electron chi connectivity index (χ4n) is 0.819. The molecule has 0 aromatic carbocycles. The van der Waals surface area contributed by atoms with E-state index in [1.807, 2.05) is 0 Å². The quantitative estimate of drug-likeness (QED) is 0.785. The van der Waals surface area contributed by atoms with Gasteiger partial charge in [-0.15, -0.1) is 0 Å². The van der Waals surface area contributed by atoms with E-state index in [2.05, 4.69) is 24.8 Å². The number of rotatable bonds is 3. The Labute approximate surface area is 78.2 Å². The van der Waals surface area contributed by atoms with Crippen LogP contribution in [0, 0.1) is 6.92 Å². The molecule has 0 aliphatic carbocycles. The van der Waals surface area contributed by atoms with Gasteiger partial charge in [-0.2, -0.15) is 9.36 Å². The van der Waals surface area contributed by atoms with E-state index in [4.69, 9.17) is 4.52 Å². The highest BCUT2D eigenvalue weighted by Crippen LogP contribution is 2.07. The SMILES string of the molecule is Cc1nc(CNc2ncns2)no1. The van der Waals surface area contributed by atoms with E-state index in [9.17, 15) is 0 Å².